The molecule has 1 amide bonds. The number of thioether (sulfide) groups is 1. The van der Waals surface area contributed by atoms with Crippen LogP contribution in [0.25, 0.3) is 16.7 Å². The lowest BCUT2D eigenvalue weighted by molar-refractivity contribution is -0.113. The van der Waals surface area contributed by atoms with E-state index >= 15 is 0 Å². The highest BCUT2D eigenvalue weighted by Crippen LogP contribution is 2.23. The van der Waals surface area contributed by atoms with E-state index in [0.717, 1.165) is 33.8 Å². The smallest absolute Gasteiger partial charge is 0.283 e. The van der Waals surface area contributed by atoms with E-state index in [9.17, 15) is 9.59 Å². The van der Waals surface area contributed by atoms with Crippen LogP contribution in [-0.4, -0.2) is 26.2 Å². The highest BCUT2D eigenvalue weighted by atomic mass is 32.2. The molecule has 0 aliphatic carbocycles. The van der Waals surface area contributed by atoms with Crippen molar-refractivity contribution in [3.63, 3.8) is 0 Å². The Morgan fingerprint density at radius 1 is 1.03 bits per heavy atom. The second-order valence-electron chi connectivity index (χ2n) is 7.74. The van der Waals surface area contributed by atoms with Crippen LogP contribution < -0.4 is 10.9 Å². The van der Waals surface area contributed by atoms with Crippen LogP contribution in [-0.2, 0) is 4.79 Å². The first-order valence-electron chi connectivity index (χ1n) is 10.0. The summed E-state index contributed by atoms with van der Waals surface area (Å²) < 4.78 is 1.56. The van der Waals surface area contributed by atoms with Gasteiger partial charge in [-0.05, 0) is 63.1 Å². The maximum absolute atomic E-state index is 13.2. The lowest BCUT2D eigenvalue weighted by Gasteiger charge is -2.13. The van der Waals surface area contributed by atoms with Crippen molar-refractivity contribution in [1.29, 1.82) is 0 Å². The van der Waals surface area contributed by atoms with E-state index < -0.39 is 0 Å². The minimum atomic E-state index is -0.181. The van der Waals surface area contributed by atoms with Gasteiger partial charge in [-0.3, -0.25) is 14.2 Å². The Bertz CT molecular complexity index is 1340. The Morgan fingerprint density at radius 3 is 2.48 bits per heavy atom. The van der Waals surface area contributed by atoms with Crippen molar-refractivity contribution in [2.45, 2.75) is 32.9 Å². The quantitative estimate of drug-likeness (QED) is 0.355. The van der Waals surface area contributed by atoms with E-state index in [-0.39, 0.29) is 17.2 Å². The molecular formula is C24H24N4O2S. The Morgan fingerprint density at radius 2 is 1.74 bits per heavy atom. The van der Waals surface area contributed by atoms with Gasteiger partial charge in [0.05, 0.1) is 17.0 Å². The first kappa shape index (κ1) is 20.9. The molecule has 0 aliphatic rings. The van der Waals surface area contributed by atoms with E-state index in [2.05, 4.69) is 15.3 Å². The number of fused-ring (bicyclic) bond motifs is 1. The fourth-order valence-corrected chi connectivity index (χ4v) is 4.20. The molecule has 2 N–H and O–H groups in total. The van der Waals surface area contributed by atoms with Crippen LogP contribution >= 0.6 is 11.8 Å². The summed E-state index contributed by atoms with van der Waals surface area (Å²) in [6.07, 6.45) is 0. The normalized spacial score (nSPS) is 11.1. The standard InChI is InChI=1S/C24H24N4O2S/c1-14-6-9-18(10-7-14)28-23(30)22-20(12-17(4)25-22)27-24(28)31-13-21(29)26-19-11-15(2)5-8-16(19)3/h5-12,25H,13H2,1-4H3,(H,26,29). The summed E-state index contributed by atoms with van der Waals surface area (Å²) in [5, 5.41) is 3.45. The molecule has 2 heterocycles. The minimum Gasteiger partial charge on any atom is -0.353 e. The van der Waals surface area contributed by atoms with Gasteiger partial charge in [-0.25, -0.2) is 4.98 Å². The molecule has 31 heavy (non-hydrogen) atoms. The number of anilines is 1. The van der Waals surface area contributed by atoms with Crippen LogP contribution in [0.5, 0.6) is 0 Å². The zero-order valence-corrected chi connectivity index (χ0v) is 18.8. The maximum Gasteiger partial charge on any atom is 0.283 e. The van der Waals surface area contributed by atoms with Crippen molar-refractivity contribution < 1.29 is 4.79 Å². The number of hydrogen-bond donors (Lipinski definition) is 2. The maximum atomic E-state index is 13.2. The Hall–Kier alpha value is -3.32. The second kappa shape index (κ2) is 8.43. The van der Waals surface area contributed by atoms with Crippen LogP contribution in [0.4, 0.5) is 5.69 Å². The first-order chi connectivity index (χ1) is 14.8. The van der Waals surface area contributed by atoms with E-state index in [1.54, 1.807) is 4.57 Å². The monoisotopic (exact) mass is 432 g/mol. The number of hydrogen-bond acceptors (Lipinski definition) is 4. The van der Waals surface area contributed by atoms with E-state index in [0.29, 0.717) is 16.2 Å². The summed E-state index contributed by atoms with van der Waals surface area (Å²) in [5.41, 5.74) is 6.44. The molecule has 6 nitrogen and oxygen atoms in total. The molecule has 158 valence electrons. The van der Waals surface area contributed by atoms with Crippen LogP contribution in [0.15, 0.2) is 58.5 Å². The molecule has 2 aromatic heterocycles. The zero-order valence-electron chi connectivity index (χ0n) is 17.9. The van der Waals surface area contributed by atoms with Crippen LogP contribution in [0.2, 0.25) is 0 Å². The average Bonchev–Trinajstić information content (AvgIpc) is 3.11. The Kier molecular flexibility index (Phi) is 5.69. The number of aromatic amines is 1. The molecule has 0 fully saturated rings. The number of rotatable bonds is 5. The predicted molar refractivity (Wildman–Crippen MR) is 126 cm³/mol. The highest BCUT2D eigenvalue weighted by Gasteiger charge is 2.16. The molecule has 4 rings (SSSR count). The third-order valence-electron chi connectivity index (χ3n) is 5.05. The third-order valence-corrected chi connectivity index (χ3v) is 5.99. The number of aromatic nitrogens is 3. The Labute approximate surface area is 184 Å². The van der Waals surface area contributed by atoms with Gasteiger partial charge in [0.1, 0.15) is 5.52 Å². The van der Waals surface area contributed by atoms with Gasteiger partial charge in [0.25, 0.3) is 5.56 Å². The number of H-pyrrole nitrogens is 1. The molecule has 4 aromatic rings. The average molecular weight is 433 g/mol. The predicted octanol–water partition coefficient (Wildman–Crippen LogP) is 4.68. The van der Waals surface area contributed by atoms with Crippen LogP contribution in [0.1, 0.15) is 22.4 Å². The SMILES string of the molecule is Cc1ccc(-n2c(SCC(=O)Nc3cc(C)ccc3C)nc3cc(C)[nH]c3c2=O)cc1. The van der Waals surface area contributed by atoms with Crippen molar-refractivity contribution in [2.24, 2.45) is 0 Å². The summed E-state index contributed by atoms with van der Waals surface area (Å²) in [6.45, 7) is 7.83. The number of nitrogens with one attached hydrogen (secondary N) is 2. The molecule has 0 radical (unpaired) electrons. The van der Waals surface area contributed by atoms with Crippen LogP contribution in [0, 0.1) is 27.7 Å². The second-order valence-corrected chi connectivity index (χ2v) is 8.68. The fourth-order valence-electron chi connectivity index (χ4n) is 3.38. The van der Waals surface area contributed by atoms with Gasteiger partial charge in [0.2, 0.25) is 5.91 Å². The number of amides is 1. The molecule has 0 bridgehead atoms. The van der Waals surface area contributed by atoms with Gasteiger partial charge in [-0.15, -0.1) is 0 Å². The van der Waals surface area contributed by atoms with E-state index in [4.69, 9.17) is 0 Å². The van der Waals surface area contributed by atoms with Gasteiger partial charge in [0.15, 0.2) is 5.16 Å². The van der Waals surface area contributed by atoms with Crippen molar-refractivity contribution in [3.8, 4) is 5.69 Å². The molecule has 0 atom stereocenters. The van der Waals surface area contributed by atoms with Crippen molar-refractivity contribution in [3.05, 3.63) is 81.3 Å². The lowest BCUT2D eigenvalue weighted by atomic mass is 10.1. The molecule has 0 spiro atoms. The largest absolute Gasteiger partial charge is 0.353 e. The summed E-state index contributed by atoms with van der Waals surface area (Å²) in [7, 11) is 0. The summed E-state index contributed by atoms with van der Waals surface area (Å²) in [6, 6.07) is 15.5. The van der Waals surface area contributed by atoms with Crippen LogP contribution in [0.3, 0.4) is 0 Å². The van der Waals surface area contributed by atoms with Gasteiger partial charge >= 0.3 is 0 Å². The number of aryl methyl sites for hydroxylation is 4. The van der Waals surface area contributed by atoms with Gasteiger partial charge < -0.3 is 10.3 Å². The first-order valence-corrected chi connectivity index (χ1v) is 11.0. The molecular weight excluding hydrogens is 408 g/mol. The summed E-state index contributed by atoms with van der Waals surface area (Å²) in [4.78, 5) is 33.7. The molecule has 0 saturated heterocycles. The van der Waals surface area contributed by atoms with E-state index in [1.807, 2.05) is 76.2 Å². The van der Waals surface area contributed by atoms with Crippen molar-refractivity contribution in [2.75, 3.05) is 11.1 Å². The number of carbonyl (C=O) groups is 1. The van der Waals surface area contributed by atoms with Gasteiger partial charge in [-0.2, -0.15) is 0 Å². The van der Waals surface area contributed by atoms with Gasteiger partial charge in [-0.1, -0.05) is 41.6 Å². The molecule has 0 aliphatic heterocycles. The third kappa shape index (κ3) is 4.41. The number of nitrogens with zero attached hydrogens (tertiary/aromatic N) is 2. The van der Waals surface area contributed by atoms with Crippen molar-refractivity contribution in [1.82, 2.24) is 14.5 Å². The van der Waals surface area contributed by atoms with Gasteiger partial charge in [0, 0.05) is 11.4 Å². The number of benzene rings is 2. The minimum absolute atomic E-state index is 0.139. The Balaban J connectivity index is 1.67. The van der Waals surface area contributed by atoms with Crippen molar-refractivity contribution >= 4 is 34.4 Å². The molecule has 2 aromatic carbocycles. The molecule has 7 heteroatoms. The molecule has 0 unspecified atom stereocenters. The highest BCUT2D eigenvalue weighted by molar-refractivity contribution is 7.99. The molecule has 0 saturated carbocycles. The topological polar surface area (TPSA) is 79.8 Å². The number of carbonyl (C=O) groups excluding carboxylic acids is 1. The van der Waals surface area contributed by atoms with E-state index in [1.165, 1.54) is 11.8 Å². The fraction of sp³-hybridized carbons (Fsp3) is 0.208. The summed E-state index contributed by atoms with van der Waals surface area (Å²) >= 11 is 1.25. The summed E-state index contributed by atoms with van der Waals surface area (Å²) in [5.74, 6) is -0.00520. The lowest BCUT2D eigenvalue weighted by Crippen LogP contribution is -2.23. The zero-order chi connectivity index (χ0) is 22.1.